The summed E-state index contributed by atoms with van der Waals surface area (Å²) in [4.78, 5) is 47.1. The second-order valence-corrected chi connectivity index (χ2v) is 9.38. The van der Waals surface area contributed by atoms with Crippen LogP contribution in [0.3, 0.4) is 0 Å². The first-order valence-electron chi connectivity index (χ1n) is 11.3. The molecule has 0 saturated carbocycles. The van der Waals surface area contributed by atoms with Gasteiger partial charge in [0.2, 0.25) is 5.91 Å². The molecule has 1 fully saturated rings. The standard InChI is InChI=1S/C22H35N5O4/c1-6-7-10-25-19-18(20(29)24-21(25)30)26(13-15(2)3)16(23-19)8-9-17(28)27-11-12-31-14-22(27,4)5/h15H,6-14H2,1-5H3,(H,24,29,30). The number of imidazole rings is 1. The van der Waals surface area contributed by atoms with Crippen molar-refractivity contribution in [3.8, 4) is 0 Å². The molecule has 1 saturated heterocycles. The molecule has 0 aromatic carbocycles. The zero-order chi connectivity index (χ0) is 22.8. The molecule has 0 radical (unpaired) electrons. The minimum absolute atomic E-state index is 0.0498. The van der Waals surface area contributed by atoms with Crippen LogP contribution in [0.15, 0.2) is 9.59 Å². The molecule has 2 aromatic heterocycles. The summed E-state index contributed by atoms with van der Waals surface area (Å²) in [7, 11) is 0. The van der Waals surface area contributed by atoms with E-state index < -0.39 is 11.2 Å². The van der Waals surface area contributed by atoms with E-state index in [9.17, 15) is 14.4 Å². The molecule has 0 aliphatic carbocycles. The van der Waals surface area contributed by atoms with Gasteiger partial charge in [-0.25, -0.2) is 9.78 Å². The van der Waals surface area contributed by atoms with E-state index in [1.54, 1.807) is 4.57 Å². The monoisotopic (exact) mass is 433 g/mol. The largest absolute Gasteiger partial charge is 0.377 e. The van der Waals surface area contributed by atoms with E-state index in [-0.39, 0.29) is 17.4 Å². The van der Waals surface area contributed by atoms with Gasteiger partial charge in [0.1, 0.15) is 5.82 Å². The highest BCUT2D eigenvalue weighted by Gasteiger charge is 2.34. The normalized spacial score (nSPS) is 16.4. The van der Waals surface area contributed by atoms with Gasteiger partial charge in [0.25, 0.3) is 5.56 Å². The Morgan fingerprint density at radius 3 is 2.65 bits per heavy atom. The number of carbonyl (C=O) groups is 1. The number of aryl methyl sites for hydroxylation is 2. The lowest BCUT2D eigenvalue weighted by Gasteiger charge is -2.42. The van der Waals surface area contributed by atoms with Crippen molar-refractivity contribution in [1.29, 1.82) is 0 Å². The lowest BCUT2D eigenvalue weighted by Crippen LogP contribution is -2.55. The number of ether oxygens (including phenoxy) is 1. The lowest BCUT2D eigenvalue weighted by atomic mass is 10.0. The Balaban J connectivity index is 1.97. The van der Waals surface area contributed by atoms with Crippen molar-refractivity contribution >= 4 is 17.1 Å². The summed E-state index contributed by atoms with van der Waals surface area (Å²) in [6, 6.07) is 0. The van der Waals surface area contributed by atoms with E-state index in [1.807, 2.05) is 23.3 Å². The van der Waals surface area contributed by atoms with E-state index in [1.165, 1.54) is 0 Å². The fraction of sp³-hybridized carbons (Fsp3) is 0.727. The van der Waals surface area contributed by atoms with Gasteiger partial charge in [-0.3, -0.25) is 19.1 Å². The molecule has 1 aliphatic heterocycles. The second kappa shape index (κ2) is 9.38. The minimum atomic E-state index is -0.433. The van der Waals surface area contributed by atoms with Gasteiger partial charge >= 0.3 is 5.69 Å². The summed E-state index contributed by atoms with van der Waals surface area (Å²) >= 11 is 0. The summed E-state index contributed by atoms with van der Waals surface area (Å²) in [5.74, 6) is 0.999. The Morgan fingerprint density at radius 1 is 1.26 bits per heavy atom. The van der Waals surface area contributed by atoms with E-state index in [2.05, 4.69) is 25.8 Å². The van der Waals surface area contributed by atoms with Gasteiger partial charge in [-0.2, -0.15) is 0 Å². The molecule has 1 N–H and O–H groups in total. The van der Waals surface area contributed by atoms with Crippen molar-refractivity contribution in [2.75, 3.05) is 19.8 Å². The minimum Gasteiger partial charge on any atom is -0.377 e. The van der Waals surface area contributed by atoms with Gasteiger partial charge in [-0.05, 0) is 26.2 Å². The SMILES string of the molecule is CCCCn1c(=O)[nH]c(=O)c2c1nc(CCC(=O)N1CCOCC1(C)C)n2CC(C)C. The van der Waals surface area contributed by atoms with Crippen molar-refractivity contribution < 1.29 is 9.53 Å². The summed E-state index contributed by atoms with van der Waals surface area (Å²) in [6.45, 7) is 12.9. The predicted octanol–water partition coefficient (Wildman–Crippen LogP) is 1.91. The zero-order valence-electron chi connectivity index (χ0n) is 19.4. The quantitative estimate of drug-likeness (QED) is 0.685. The van der Waals surface area contributed by atoms with Crippen LogP contribution in [0, 0.1) is 5.92 Å². The molecule has 172 valence electrons. The third-order valence-corrected chi connectivity index (χ3v) is 5.76. The smallest absolute Gasteiger partial charge is 0.330 e. The molecular weight excluding hydrogens is 398 g/mol. The number of fused-ring (bicyclic) bond motifs is 1. The van der Waals surface area contributed by atoms with Crippen molar-refractivity contribution in [3.63, 3.8) is 0 Å². The fourth-order valence-electron chi connectivity index (χ4n) is 4.17. The van der Waals surface area contributed by atoms with Crippen LogP contribution >= 0.6 is 0 Å². The number of rotatable bonds is 8. The molecule has 0 bridgehead atoms. The number of carbonyl (C=O) groups excluding carboxylic acids is 1. The molecule has 0 spiro atoms. The first-order chi connectivity index (χ1) is 14.7. The summed E-state index contributed by atoms with van der Waals surface area (Å²) < 4.78 is 8.96. The first-order valence-corrected chi connectivity index (χ1v) is 11.3. The third-order valence-electron chi connectivity index (χ3n) is 5.76. The zero-order valence-corrected chi connectivity index (χ0v) is 19.4. The van der Waals surface area contributed by atoms with Gasteiger partial charge in [-0.1, -0.05) is 27.2 Å². The fourth-order valence-corrected chi connectivity index (χ4v) is 4.17. The topological polar surface area (TPSA) is 102 Å². The van der Waals surface area contributed by atoms with Gasteiger partial charge in [0.15, 0.2) is 11.2 Å². The Morgan fingerprint density at radius 2 is 2.00 bits per heavy atom. The van der Waals surface area contributed by atoms with Gasteiger partial charge in [-0.15, -0.1) is 0 Å². The van der Waals surface area contributed by atoms with Crippen LogP contribution in [-0.2, 0) is 29.0 Å². The number of H-pyrrole nitrogens is 1. The summed E-state index contributed by atoms with van der Waals surface area (Å²) in [5, 5.41) is 0. The predicted molar refractivity (Wildman–Crippen MR) is 119 cm³/mol. The lowest BCUT2D eigenvalue weighted by molar-refractivity contribution is -0.146. The van der Waals surface area contributed by atoms with E-state index in [0.717, 1.165) is 12.8 Å². The maximum Gasteiger partial charge on any atom is 0.330 e. The number of hydrogen-bond acceptors (Lipinski definition) is 5. The van der Waals surface area contributed by atoms with Crippen LogP contribution in [0.1, 0.15) is 59.7 Å². The molecule has 0 unspecified atom stereocenters. The molecule has 1 amide bonds. The number of aromatic nitrogens is 4. The van der Waals surface area contributed by atoms with E-state index >= 15 is 0 Å². The molecule has 9 heteroatoms. The Hall–Kier alpha value is -2.42. The second-order valence-electron chi connectivity index (χ2n) is 9.38. The molecule has 3 heterocycles. The molecular formula is C22H35N5O4. The first kappa shape index (κ1) is 23.2. The number of aromatic amines is 1. The van der Waals surface area contributed by atoms with Crippen LogP contribution in [0.5, 0.6) is 0 Å². The van der Waals surface area contributed by atoms with Crippen molar-refractivity contribution in [2.45, 2.75) is 78.9 Å². The number of nitrogens with zero attached hydrogens (tertiary/aromatic N) is 4. The molecule has 3 rings (SSSR count). The van der Waals surface area contributed by atoms with E-state index in [4.69, 9.17) is 9.72 Å². The van der Waals surface area contributed by atoms with Crippen LogP contribution in [0.2, 0.25) is 0 Å². The Bertz CT molecular complexity index is 1050. The molecule has 2 aromatic rings. The maximum atomic E-state index is 13.0. The third kappa shape index (κ3) is 4.92. The average molecular weight is 434 g/mol. The number of hydrogen-bond donors (Lipinski definition) is 1. The maximum absolute atomic E-state index is 13.0. The summed E-state index contributed by atoms with van der Waals surface area (Å²) in [5.41, 5.74) is -0.369. The molecule has 0 atom stereocenters. The van der Waals surface area contributed by atoms with Crippen molar-refractivity contribution in [2.24, 2.45) is 5.92 Å². The Labute approximate surface area is 182 Å². The van der Waals surface area contributed by atoms with E-state index in [0.29, 0.717) is 62.7 Å². The van der Waals surface area contributed by atoms with Crippen molar-refractivity contribution in [1.82, 2.24) is 24.0 Å². The van der Waals surface area contributed by atoms with Crippen LogP contribution in [0.25, 0.3) is 11.2 Å². The number of amides is 1. The van der Waals surface area contributed by atoms with Crippen LogP contribution in [-0.4, -0.2) is 55.2 Å². The molecule has 9 nitrogen and oxygen atoms in total. The van der Waals surface area contributed by atoms with Crippen LogP contribution < -0.4 is 11.2 Å². The average Bonchev–Trinajstić information content (AvgIpc) is 3.03. The number of morpholine rings is 1. The van der Waals surface area contributed by atoms with Gasteiger partial charge < -0.3 is 14.2 Å². The molecule has 1 aliphatic rings. The van der Waals surface area contributed by atoms with Crippen LogP contribution in [0.4, 0.5) is 0 Å². The van der Waals surface area contributed by atoms with Crippen molar-refractivity contribution in [3.05, 3.63) is 26.7 Å². The molecule has 31 heavy (non-hydrogen) atoms. The highest BCUT2D eigenvalue weighted by Crippen LogP contribution is 2.21. The Kier molecular flexibility index (Phi) is 7.03. The summed E-state index contributed by atoms with van der Waals surface area (Å²) in [6.07, 6.45) is 2.45. The van der Waals surface area contributed by atoms with Gasteiger partial charge in [0, 0.05) is 32.5 Å². The van der Waals surface area contributed by atoms with Gasteiger partial charge in [0.05, 0.1) is 18.8 Å². The number of nitrogens with one attached hydrogen (secondary N) is 1. The highest BCUT2D eigenvalue weighted by molar-refractivity contribution is 5.77. The number of unbranched alkanes of at least 4 members (excludes halogenated alkanes) is 1. The highest BCUT2D eigenvalue weighted by atomic mass is 16.5.